The summed E-state index contributed by atoms with van der Waals surface area (Å²) >= 11 is 0. The second-order valence-electron chi connectivity index (χ2n) is 5.46. The first-order valence-electron chi connectivity index (χ1n) is 7.13. The first kappa shape index (κ1) is 13.7. The normalized spacial score (nSPS) is 15.8. The van der Waals surface area contributed by atoms with Crippen molar-refractivity contribution in [3.05, 3.63) is 35.6 Å². The Morgan fingerprint density at radius 1 is 1.48 bits per heavy atom. The van der Waals surface area contributed by atoms with Crippen molar-refractivity contribution in [1.82, 2.24) is 10.1 Å². The van der Waals surface area contributed by atoms with Gasteiger partial charge in [-0.2, -0.15) is 0 Å². The summed E-state index contributed by atoms with van der Waals surface area (Å²) in [5, 5.41) is 6.77. The van der Waals surface area contributed by atoms with Crippen LogP contribution in [0.4, 0.5) is 10.5 Å². The number of anilines is 1. The number of urea groups is 1. The SMILES string of the molecule is Cc1noc(C)c1NC(=O)N(C1CC1)C(C)c1ccco1. The van der Waals surface area contributed by atoms with Crippen LogP contribution in [0.1, 0.15) is 43.0 Å². The molecule has 0 aliphatic heterocycles. The van der Waals surface area contributed by atoms with E-state index in [9.17, 15) is 4.79 Å². The van der Waals surface area contributed by atoms with Crippen LogP contribution >= 0.6 is 0 Å². The van der Waals surface area contributed by atoms with Gasteiger partial charge in [-0.1, -0.05) is 5.16 Å². The highest BCUT2D eigenvalue weighted by Crippen LogP contribution is 2.35. The molecule has 2 aromatic rings. The van der Waals surface area contributed by atoms with E-state index in [1.54, 1.807) is 13.2 Å². The first-order chi connectivity index (χ1) is 10.1. The number of furan rings is 1. The van der Waals surface area contributed by atoms with E-state index in [2.05, 4.69) is 10.5 Å². The van der Waals surface area contributed by atoms with Crippen LogP contribution in [-0.4, -0.2) is 22.1 Å². The van der Waals surface area contributed by atoms with Gasteiger partial charge in [0.2, 0.25) is 0 Å². The van der Waals surface area contributed by atoms with Gasteiger partial charge in [-0.25, -0.2) is 4.79 Å². The van der Waals surface area contributed by atoms with Gasteiger partial charge in [0.05, 0.1) is 12.3 Å². The molecule has 0 spiro atoms. The highest BCUT2D eigenvalue weighted by atomic mass is 16.5. The lowest BCUT2D eigenvalue weighted by Crippen LogP contribution is -2.38. The number of aryl methyl sites for hydroxylation is 2. The topological polar surface area (TPSA) is 71.5 Å². The van der Waals surface area contributed by atoms with Crippen LogP contribution < -0.4 is 5.32 Å². The first-order valence-corrected chi connectivity index (χ1v) is 7.13. The van der Waals surface area contributed by atoms with Gasteiger partial charge in [0.1, 0.15) is 17.1 Å². The van der Waals surface area contributed by atoms with Crippen LogP contribution in [-0.2, 0) is 0 Å². The molecule has 1 aliphatic rings. The Labute approximate surface area is 123 Å². The summed E-state index contributed by atoms with van der Waals surface area (Å²) in [7, 11) is 0. The zero-order chi connectivity index (χ0) is 15.0. The average molecular weight is 289 g/mol. The molecule has 1 fully saturated rings. The molecule has 0 radical (unpaired) electrons. The van der Waals surface area contributed by atoms with Gasteiger partial charge in [0.15, 0.2) is 5.76 Å². The molecule has 21 heavy (non-hydrogen) atoms. The Morgan fingerprint density at radius 2 is 2.24 bits per heavy atom. The molecule has 0 bridgehead atoms. The molecular weight excluding hydrogens is 270 g/mol. The molecule has 2 amide bonds. The highest BCUT2D eigenvalue weighted by Gasteiger charge is 2.37. The Kier molecular flexibility index (Phi) is 3.45. The van der Waals surface area contributed by atoms with Crippen molar-refractivity contribution in [3.63, 3.8) is 0 Å². The van der Waals surface area contributed by atoms with Crippen LogP contribution in [0.15, 0.2) is 27.3 Å². The lowest BCUT2D eigenvalue weighted by molar-refractivity contribution is 0.179. The van der Waals surface area contributed by atoms with Crippen LogP contribution in [0, 0.1) is 13.8 Å². The van der Waals surface area contributed by atoms with E-state index in [1.807, 2.05) is 30.9 Å². The molecule has 112 valence electrons. The standard InChI is InChI=1S/C15H19N3O3/c1-9-14(11(3)21-17-9)16-15(19)18(12-6-7-12)10(2)13-5-4-8-20-13/h4-5,8,10,12H,6-7H2,1-3H3,(H,16,19). The van der Waals surface area contributed by atoms with E-state index in [4.69, 9.17) is 8.94 Å². The number of carbonyl (C=O) groups is 1. The molecule has 1 N–H and O–H groups in total. The molecule has 1 saturated carbocycles. The zero-order valence-electron chi connectivity index (χ0n) is 12.4. The number of aromatic nitrogens is 1. The molecule has 3 rings (SSSR count). The minimum absolute atomic E-state index is 0.104. The van der Waals surface area contributed by atoms with Crippen molar-refractivity contribution >= 4 is 11.7 Å². The zero-order valence-corrected chi connectivity index (χ0v) is 12.4. The summed E-state index contributed by atoms with van der Waals surface area (Å²) in [5.41, 5.74) is 1.33. The van der Waals surface area contributed by atoms with E-state index in [0.29, 0.717) is 17.1 Å². The largest absolute Gasteiger partial charge is 0.467 e. The van der Waals surface area contributed by atoms with Gasteiger partial charge >= 0.3 is 6.03 Å². The summed E-state index contributed by atoms with van der Waals surface area (Å²) in [6.45, 7) is 5.57. The summed E-state index contributed by atoms with van der Waals surface area (Å²) in [6.07, 6.45) is 3.68. The fourth-order valence-corrected chi connectivity index (χ4v) is 2.51. The van der Waals surface area contributed by atoms with E-state index < -0.39 is 0 Å². The van der Waals surface area contributed by atoms with Gasteiger partial charge < -0.3 is 19.2 Å². The summed E-state index contributed by atoms with van der Waals surface area (Å²) in [5.74, 6) is 1.40. The smallest absolute Gasteiger partial charge is 0.322 e. The summed E-state index contributed by atoms with van der Waals surface area (Å²) in [6, 6.07) is 3.75. The maximum atomic E-state index is 12.6. The number of rotatable bonds is 4. The maximum Gasteiger partial charge on any atom is 0.322 e. The van der Waals surface area contributed by atoms with E-state index in [-0.39, 0.29) is 18.1 Å². The molecule has 0 aromatic carbocycles. The van der Waals surface area contributed by atoms with Gasteiger partial charge in [-0.05, 0) is 45.7 Å². The molecule has 2 heterocycles. The number of hydrogen-bond donors (Lipinski definition) is 1. The van der Waals surface area contributed by atoms with Gasteiger partial charge in [0.25, 0.3) is 0 Å². The third kappa shape index (κ3) is 2.66. The molecule has 1 aliphatic carbocycles. The lowest BCUT2D eigenvalue weighted by atomic mass is 10.2. The minimum atomic E-state index is -0.143. The maximum absolute atomic E-state index is 12.6. The second kappa shape index (κ2) is 5.27. The lowest BCUT2D eigenvalue weighted by Gasteiger charge is -2.28. The van der Waals surface area contributed by atoms with Crippen molar-refractivity contribution in [3.8, 4) is 0 Å². The summed E-state index contributed by atoms with van der Waals surface area (Å²) in [4.78, 5) is 14.5. The van der Waals surface area contributed by atoms with Crippen molar-refractivity contribution in [1.29, 1.82) is 0 Å². The van der Waals surface area contributed by atoms with E-state index in [0.717, 1.165) is 18.6 Å². The van der Waals surface area contributed by atoms with Crippen molar-refractivity contribution < 1.29 is 13.7 Å². The number of carbonyl (C=O) groups excluding carboxylic acids is 1. The molecule has 2 aromatic heterocycles. The quantitative estimate of drug-likeness (QED) is 0.932. The van der Waals surface area contributed by atoms with E-state index >= 15 is 0 Å². The fourth-order valence-electron chi connectivity index (χ4n) is 2.51. The van der Waals surface area contributed by atoms with Crippen molar-refractivity contribution in [2.45, 2.75) is 45.7 Å². The van der Waals surface area contributed by atoms with Gasteiger partial charge in [0, 0.05) is 6.04 Å². The van der Waals surface area contributed by atoms with Crippen LogP contribution in [0.25, 0.3) is 0 Å². The molecule has 1 unspecified atom stereocenters. The van der Waals surface area contributed by atoms with Gasteiger partial charge in [-0.15, -0.1) is 0 Å². The highest BCUT2D eigenvalue weighted by molar-refractivity contribution is 5.91. The predicted molar refractivity (Wildman–Crippen MR) is 77.0 cm³/mol. The minimum Gasteiger partial charge on any atom is -0.467 e. The Balaban J connectivity index is 1.80. The molecular formula is C15H19N3O3. The van der Waals surface area contributed by atoms with Crippen LogP contribution in [0.3, 0.4) is 0 Å². The van der Waals surface area contributed by atoms with Crippen LogP contribution in [0.5, 0.6) is 0 Å². The summed E-state index contributed by atoms with van der Waals surface area (Å²) < 4.78 is 10.5. The Hall–Kier alpha value is -2.24. The van der Waals surface area contributed by atoms with E-state index in [1.165, 1.54) is 0 Å². The monoisotopic (exact) mass is 289 g/mol. The molecule has 6 nitrogen and oxygen atoms in total. The Bertz CT molecular complexity index is 609. The average Bonchev–Trinajstić information content (AvgIpc) is 3.03. The predicted octanol–water partition coefficient (Wildman–Crippen LogP) is 3.64. The fraction of sp³-hybridized carbons (Fsp3) is 0.467. The number of nitrogens with one attached hydrogen (secondary N) is 1. The van der Waals surface area contributed by atoms with Crippen molar-refractivity contribution in [2.75, 3.05) is 5.32 Å². The number of amides is 2. The third-order valence-corrected chi connectivity index (χ3v) is 3.81. The van der Waals surface area contributed by atoms with Crippen LogP contribution in [0.2, 0.25) is 0 Å². The second-order valence-corrected chi connectivity index (χ2v) is 5.46. The van der Waals surface area contributed by atoms with Gasteiger partial charge in [-0.3, -0.25) is 0 Å². The number of hydrogen-bond acceptors (Lipinski definition) is 4. The molecule has 0 saturated heterocycles. The molecule has 6 heteroatoms. The third-order valence-electron chi connectivity index (χ3n) is 3.81. The molecule has 1 atom stereocenters. The van der Waals surface area contributed by atoms with Crippen molar-refractivity contribution in [2.24, 2.45) is 0 Å². The number of nitrogens with zero attached hydrogens (tertiary/aromatic N) is 2. The Morgan fingerprint density at radius 3 is 2.76 bits per heavy atom.